The van der Waals surface area contributed by atoms with Crippen LogP contribution in [0.2, 0.25) is 0 Å². The van der Waals surface area contributed by atoms with Crippen LogP contribution in [0.5, 0.6) is 0 Å². The Morgan fingerprint density at radius 1 is 1.08 bits per heavy atom. The zero-order valence-electron chi connectivity index (χ0n) is 13.8. The molecule has 2 aromatic heterocycles. The van der Waals surface area contributed by atoms with Crippen LogP contribution in [0.4, 0.5) is 5.95 Å². The molecule has 124 valence electrons. The number of amides is 1. The average molecular weight is 347 g/mol. The number of hydrogen-bond acceptors (Lipinski definition) is 3. The summed E-state index contributed by atoms with van der Waals surface area (Å²) in [5, 5.41) is 4.93. The van der Waals surface area contributed by atoms with Crippen molar-refractivity contribution in [2.45, 2.75) is 13.5 Å². The molecule has 1 amide bonds. The van der Waals surface area contributed by atoms with Crippen LogP contribution >= 0.6 is 11.3 Å². The zero-order valence-corrected chi connectivity index (χ0v) is 14.6. The van der Waals surface area contributed by atoms with Crippen molar-refractivity contribution in [1.29, 1.82) is 0 Å². The van der Waals surface area contributed by atoms with E-state index < -0.39 is 0 Å². The van der Waals surface area contributed by atoms with E-state index in [0.717, 1.165) is 28.7 Å². The molecule has 4 aromatic rings. The molecule has 0 radical (unpaired) electrons. The highest BCUT2D eigenvalue weighted by Crippen LogP contribution is 2.29. The first kappa shape index (κ1) is 15.6. The highest BCUT2D eigenvalue weighted by molar-refractivity contribution is 7.12. The highest BCUT2D eigenvalue weighted by Gasteiger charge is 2.18. The second-order valence-electron chi connectivity index (χ2n) is 5.65. The summed E-state index contributed by atoms with van der Waals surface area (Å²) >= 11 is 1.44. The summed E-state index contributed by atoms with van der Waals surface area (Å²) in [6.07, 6.45) is 0. The summed E-state index contributed by atoms with van der Waals surface area (Å²) in [5.41, 5.74) is 3.89. The number of benzene rings is 2. The number of para-hydroxylation sites is 2. The van der Waals surface area contributed by atoms with E-state index in [9.17, 15) is 4.79 Å². The predicted molar refractivity (Wildman–Crippen MR) is 103 cm³/mol. The normalized spacial score (nSPS) is 10.9. The SMILES string of the molecule is CCn1c(NC(=O)c2sccc2-c2ccccc2)nc2ccccc21. The molecule has 0 saturated carbocycles. The van der Waals surface area contributed by atoms with E-state index in [2.05, 4.69) is 10.3 Å². The fraction of sp³-hybridized carbons (Fsp3) is 0.100. The molecule has 2 aromatic carbocycles. The lowest BCUT2D eigenvalue weighted by atomic mass is 10.1. The Morgan fingerprint density at radius 3 is 2.64 bits per heavy atom. The van der Waals surface area contributed by atoms with Gasteiger partial charge in [0.2, 0.25) is 5.95 Å². The molecule has 1 N–H and O–H groups in total. The first-order valence-electron chi connectivity index (χ1n) is 8.17. The van der Waals surface area contributed by atoms with Gasteiger partial charge in [0.1, 0.15) is 4.88 Å². The van der Waals surface area contributed by atoms with Gasteiger partial charge in [-0.3, -0.25) is 10.1 Å². The van der Waals surface area contributed by atoms with E-state index in [4.69, 9.17) is 0 Å². The molecular weight excluding hydrogens is 330 g/mol. The van der Waals surface area contributed by atoms with E-state index in [-0.39, 0.29) is 5.91 Å². The van der Waals surface area contributed by atoms with Crippen molar-refractivity contribution < 1.29 is 4.79 Å². The maximum absolute atomic E-state index is 12.9. The quantitative estimate of drug-likeness (QED) is 0.562. The maximum atomic E-state index is 12.9. The van der Waals surface area contributed by atoms with E-state index in [1.807, 2.05) is 77.5 Å². The van der Waals surface area contributed by atoms with Crippen molar-refractivity contribution >= 4 is 34.2 Å². The van der Waals surface area contributed by atoms with Crippen LogP contribution in [0.25, 0.3) is 22.2 Å². The van der Waals surface area contributed by atoms with E-state index >= 15 is 0 Å². The van der Waals surface area contributed by atoms with Gasteiger partial charge in [0.15, 0.2) is 0 Å². The van der Waals surface area contributed by atoms with Gasteiger partial charge in [-0.25, -0.2) is 4.98 Å². The molecule has 2 heterocycles. The molecule has 0 fully saturated rings. The van der Waals surface area contributed by atoms with Crippen molar-refractivity contribution in [2.75, 3.05) is 5.32 Å². The lowest BCUT2D eigenvalue weighted by Crippen LogP contribution is -2.15. The van der Waals surface area contributed by atoms with Gasteiger partial charge in [-0.2, -0.15) is 0 Å². The van der Waals surface area contributed by atoms with E-state index in [1.54, 1.807) is 0 Å². The average Bonchev–Trinajstić information content (AvgIpc) is 3.26. The maximum Gasteiger partial charge on any atom is 0.268 e. The predicted octanol–water partition coefficient (Wildman–Crippen LogP) is 5.04. The minimum Gasteiger partial charge on any atom is -0.310 e. The molecule has 0 aliphatic heterocycles. The third kappa shape index (κ3) is 2.83. The second-order valence-corrected chi connectivity index (χ2v) is 6.57. The summed E-state index contributed by atoms with van der Waals surface area (Å²) in [4.78, 5) is 18.1. The van der Waals surface area contributed by atoms with Crippen LogP contribution in [-0.2, 0) is 6.54 Å². The third-order valence-corrected chi connectivity index (χ3v) is 5.07. The number of nitrogens with zero attached hydrogens (tertiary/aromatic N) is 2. The van der Waals surface area contributed by atoms with Crippen molar-refractivity contribution in [3.63, 3.8) is 0 Å². The topological polar surface area (TPSA) is 46.9 Å². The summed E-state index contributed by atoms with van der Waals surface area (Å²) < 4.78 is 2.02. The second kappa shape index (κ2) is 6.53. The molecule has 0 saturated heterocycles. The molecule has 0 aliphatic carbocycles. The van der Waals surface area contributed by atoms with Crippen molar-refractivity contribution in [3.8, 4) is 11.1 Å². The number of imidazole rings is 1. The van der Waals surface area contributed by atoms with Crippen LogP contribution in [0.15, 0.2) is 66.0 Å². The van der Waals surface area contributed by atoms with E-state index in [0.29, 0.717) is 10.8 Å². The summed E-state index contributed by atoms with van der Waals surface area (Å²) in [5.74, 6) is 0.458. The molecule has 0 unspecified atom stereocenters. The lowest BCUT2D eigenvalue weighted by Gasteiger charge is -2.08. The number of aryl methyl sites for hydroxylation is 1. The highest BCUT2D eigenvalue weighted by atomic mass is 32.1. The number of nitrogens with one attached hydrogen (secondary N) is 1. The molecule has 5 heteroatoms. The number of thiophene rings is 1. The molecule has 0 bridgehead atoms. The monoisotopic (exact) mass is 347 g/mol. The van der Waals surface area contributed by atoms with Gasteiger partial charge in [-0.1, -0.05) is 42.5 Å². The van der Waals surface area contributed by atoms with Crippen LogP contribution < -0.4 is 5.32 Å². The summed E-state index contributed by atoms with van der Waals surface area (Å²) in [6, 6.07) is 19.8. The van der Waals surface area contributed by atoms with Crippen molar-refractivity contribution in [1.82, 2.24) is 9.55 Å². The molecule has 0 spiro atoms. The third-order valence-electron chi connectivity index (χ3n) is 4.15. The fourth-order valence-corrected chi connectivity index (χ4v) is 3.79. The van der Waals surface area contributed by atoms with Gasteiger partial charge in [-0.15, -0.1) is 11.3 Å². The lowest BCUT2D eigenvalue weighted by molar-refractivity contribution is 0.103. The number of fused-ring (bicyclic) bond motifs is 1. The zero-order chi connectivity index (χ0) is 17.2. The molecule has 0 atom stereocenters. The summed E-state index contributed by atoms with van der Waals surface area (Å²) in [7, 11) is 0. The van der Waals surface area contributed by atoms with Crippen molar-refractivity contribution in [3.05, 3.63) is 70.9 Å². The molecule has 4 rings (SSSR count). The minimum atomic E-state index is -0.126. The number of anilines is 1. The Hall–Kier alpha value is -2.92. The number of carbonyl (C=O) groups is 1. The molecule has 4 nitrogen and oxygen atoms in total. The van der Waals surface area contributed by atoms with Crippen LogP contribution in [0.3, 0.4) is 0 Å². The number of aromatic nitrogens is 2. The number of hydrogen-bond donors (Lipinski definition) is 1. The summed E-state index contributed by atoms with van der Waals surface area (Å²) in [6.45, 7) is 2.79. The molecule has 0 aliphatic rings. The Bertz CT molecular complexity index is 1030. The van der Waals surface area contributed by atoms with Crippen LogP contribution in [-0.4, -0.2) is 15.5 Å². The number of rotatable bonds is 4. The van der Waals surface area contributed by atoms with Gasteiger partial charge in [0.25, 0.3) is 5.91 Å². The van der Waals surface area contributed by atoms with Gasteiger partial charge in [0, 0.05) is 12.1 Å². The number of carbonyl (C=O) groups excluding carboxylic acids is 1. The first-order chi connectivity index (χ1) is 12.3. The molecular formula is C20H17N3OS. The first-order valence-corrected chi connectivity index (χ1v) is 9.05. The van der Waals surface area contributed by atoms with Gasteiger partial charge >= 0.3 is 0 Å². The Labute approximate surface area is 149 Å². The fourth-order valence-electron chi connectivity index (χ4n) is 2.98. The Kier molecular flexibility index (Phi) is 4.07. The largest absolute Gasteiger partial charge is 0.310 e. The standard InChI is InChI=1S/C20H17N3OS/c1-2-23-17-11-7-6-10-16(17)21-20(23)22-19(24)18-15(12-13-25-18)14-8-4-3-5-9-14/h3-13H,2H2,1H3,(H,21,22,24). The van der Waals surface area contributed by atoms with Crippen LogP contribution in [0, 0.1) is 0 Å². The smallest absolute Gasteiger partial charge is 0.268 e. The van der Waals surface area contributed by atoms with Gasteiger partial charge in [0.05, 0.1) is 11.0 Å². The Morgan fingerprint density at radius 2 is 1.84 bits per heavy atom. The van der Waals surface area contributed by atoms with Gasteiger partial charge in [-0.05, 0) is 36.1 Å². The van der Waals surface area contributed by atoms with E-state index in [1.165, 1.54) is 11.3 Å². The van der Waals surface area contributed by atoms with Crippen LogP contribution in [0.1, 0.15) is 16.6 Å². The van der Waals surface area contributed by atoms with Gasteiger partial charge < -0.3 is 4.57 Å². The van der Waals surface area contributed by atoms with Crippen molar-refractivity contribution in [2.24, 2.45) is 0 Å². The molecule has 25 heavy (non-hydrogen) atoms. The minimum absolute atomic E-state index is 0.126. The Balaban J connectivity index is 1.69.